The van der Waals surface area contributed by atoms with Crippen LogP contribution >= 0.6 is 11.6 Å². The molecule has 8 nitrogen and oxygen atoms in total. The van der Waals surface area contributed by atoms with Gasteiger partial charge in [-0.2, -0.15) is 0 Å². The van der Waals surface area contributed by atoms with Crippen molar-refractivity contribution in [1.82, 2.24) is 9.80 Å². The molecule has 2 aromatic rings. The Hall–Kier alpha value is -3.04. The smallest absolute Gasteiger partial charge is 0.283 e. The molecule has 0 unspecified atom stereocenters. The summed E-state index contributed by atoms with van der Waals surface area (Å²) in [6.45, 7) is 1.69. The molecule has 0 saturated carbocycles. The topological polar surface area (TPSA) is 95.8 Å². The minimum absolute atomic E-state index is 0.0121. The maximum Gasteiger partial charge on any atom is 0.283 e. The number of piperazine rings is 1. The Morgan fingerprint density at radius 2 is 1.76 bits per heavy atom. The number of nitrogens with one attached hydrogen (secondary N) is 1. The van der Waals surface area contributed by atoms with E-state index in [1.54, 1.807) is 0 Å². The quantitative estimate of drug-likeness (QED) is 0.592. The summed E-state index contributed by atoms with van der Waals surface area (Å²) in [7, 11) is 0. The highest BCUT2D eigenvalue weighted by Crippen LogP contribution is 2.25. The van der Waals surface area contributed by atoms with Crippen molar-refractivity contribution < 1.29 is 18.9 Å². The SMILES string of the molecule is O=C(CN1CCN(C(=O)c2ccc(Cl)cc2[N+](=O)[O-])CC1)Nc1ccc(F)cc1. The van der Waals surface area contributed by atoms with Gasteiger partial charge in [-0.05, 0) is 36.4 Å². The van der Waals surface area contributed by atoms with Gasteiger partial charge >= 0.3 is 0 Å². The lowest BCUT2D eigenvalue weighted by atomic mass is 10.1. The first-order valence-electron chi connectivity index (χ1n) is 8.84. The Morgan fingerprint density at radius 1 is 1.10 bits per heavy atom. The Kier molecular flexibility index (Phi) is 6.40. The minimum atomic E-state index is -0.630. The fourth-order valence-electron chi connectivity index (χ4n) is 3.05. The molecule has 3 rings (SSSR count). The molecule has 1 saturated heterocycles. The van der Waals surface area contributed by atoms with E-state index in [9.17, 15) is 24.1 Å². The van der Waals surface area contributed by atoms with Gasteiger partial charge in [-0.1, -0.05) is 11.6 Å². The number of rotatable bonds is 5. The number of amides is 2. The van der Waals surface area contributed by atoms with Crippen molar-refractivity contribution in [2.24, 2.45) is 0 Å². The Balaban J connectivity index is 1.55. The highest BCUT2D eigenvalue weighted by atomic mass is 35.5. The number of carbonyl (C=O) groups is 2. The summed E-state index contributed by atoms with van der Waals surface area (Å²) in [5.74, 6) is -1.07. The molecule has 10 heteroatoms. The third-order valence-corrected chi connectivity index (χ3v) is 4.78. The molecule has 0 radical (unpaired) electrons. The number of halogens is 2. The van der Waals surface area contributed by atoms with Gasteiger partial charge in [0.05, 0.1) is 11.5 Å². The fourth-order valence-corrected chi connectivity index (χ4v) is 3.22. The molecule has 1 heterocycles. The second-order valence-corrected chi connectivity index (χ2v) is 6.98. The molecule has 1 aliphatic rings. The molecule has 0 aromatic heterocycles. The summed E-state index contributed by atoms with van der Waals surface area (Å²) in [6, 6.07) is 9.42. The largest absolute Gasteiger partial charge is 0.336 e. The van der Waals surface area contributed by atoms with E-state index in [-0.39, 0.29) is 34.5 Å². The predicted octanol–water partition coefficient (Wildman–Crippen LogP) is 2.78. The monoisotopic (exact) mass is 420 g/mol. The molecule has 2 amide bonds. The number of hydrogen-bond donors (Lipinski definition) is 1. The van der Waals surface area contributed by atoms with Gasteiger partial charge in [-0.25, -0.2) is 4.39 Å². The minimum Gasteiger partial charge on any atom is -0.336 e. The predicted molar refractivity (Wildman–Crippen MR) is 105 cm³/mol. The maximum atomic E-state index is 12.9. The zero-order chi connectivity index (χ0) is 21.0. The van der Waals surface area contributed by atoms with E-state index in [0.717, 1.165) is 6.07 Å². The standard InChI is InChI=1S/C19H18ClFN4O4/c20-13-1-6-16(17(11-13)25(28)29)19(27)24-9-7-23(8-10-24)12-18(26)22-15-4-2-14(21)3-5-15/h1-6,11H,7-10,12H2,(H,22,26). The molecule has 2 aromatic carbocycles. The van der Waals surface area contributed by atoms with Crippen molar-refractivity contribution in [3.05, 3.63) is 69.0 Å². The average molecular weight is 421 g/mol. The van der Waals surface area contributed by atoms with Crippen molar-refractivity contribution in [2.75, 3.05) is 38.0 Å². The molecule has 0 bridgehead atoms. The first kappa shape index (κ1) is 20.7. The van der Waals surface area contributed by atoms with Gasteiger partial charge in [0.1, 0.15) is 11.4 Å². The number of nitro groups is 1. The van der Waals surface area contributed by atoms with Crippen LogP contribution in [0.2, 0.25) is 5.02 Å². The van der Waals surface area contributed by atoms with E-state index in [1.807, 2.05) is 4.90 Å². The first-order chi connectivity index (χ1) is 13.8. The number of hydrogen-bond acceptors (Lipinski definition) is 5. The number of benzene rings is 2. The van der Waals surface area contributed by atoms with Crippen molar-refractivity contribution in [3.63, 3.8) is 0 Å². The number of anilines is 1. The normalized spacial score (nSPS) is 14.5. The third kappa shape index (κ3) is 5.27. The first-order valence-corrected chi connectivity index (χ1v) is 9.22. The van der Waals surface area contributed by atoms with Crippen LogP contribution in [0.1, 0.15) is 10.4 Å². The van der Waals surface area contributed by atoms with Crippen LogP contribution in [0.4, 0.5) is 15.8 Å². The van der Waals surface area contributed by atoms with Crippen LogP contribution in [0, 0.1) is 15.9 Å². The van der Waals surface area contributed by atoms with Crippen LogP contribution in [0.5, 0.6) is 0 Å². The summed E-state index contributed by atoms with van der Waals surface area (Å²) in [5.41, 5.74) is 0.158. The molecule has 1 N–H and O–H groups in total. The molecule has 1 fully saturated rings. The summed E-state index contributed by atoms with van der Waals surface area (Å²) in [4.78, 5) is 38.8. The van der Waals surface area contributed by atoms with Gasteiger partial charge in [0.25, 0.3) is 11.6 Å². The van der Waals surface area contributed by atoms with Crippen LogP contribution in [-0.4, -0.2) is 59.3 Å². The lowest BCUT2D eigenvalue weighted by Gasteiger charge is -2.34. The van der Waals surface area contributed by atoms with Crippen molar-refractivity contribution in [1.29, 1.82) is 0 Å². The maximum absolute atomic E-state index is 12.9. The summed E-state index contributed by atoms with van der Waals surface area (Å²) in [5, 5.41) is 14.1. The molecule has 0 spiro atoms. The van der Waals surface area contributed by atoms with E-state index in [0.29, 0.717) is 31.9 Å². The summed E-state index contributed by atoms with van der Waals surface area (Å²) >= 11 is 5.79. The van der Waals surface area contributed by atoms with Gasteiger partial charge < -0.3 is 10.2 Å². The summed E-state index contributed by atoms with van der Waals surface area (Å²) < 4.78 is 12.9. The van der Waals surface area contributed by atoms with E-state index >= 15 is 0 Å². The van der Waals surface area contributed by atoms with Crippen LogP contribution in [0.25, 0.3) is 0 Å². The van der Waals surface area contributed by atoms with Gasteiger partial charge in [0, 0.05) is 43.0 Å². The van der Waals surface area contributed by atoms with Crippen LogP contribution in [0.15, 0.2) is 42.5 Å². The number of nitro benzene ring substituents is 1. The molecular weight excluding hydrogens is 403 g/mol. The van der Waals surface area contributed by atoms with Crippen LogP contribution in [-0.2, 0) is 4.79 Å². The fraction of sp³-hybridized carbons (Fsp3) is 0.263. The lowest BCUT2D eigenvalue weighted by Crippen LogP contribution is -2.50. The average Bonchev–Trinajstić information content (AvgIpc) is 2.69. The Morgan fingerprint density at radius 3 is 2.38 bits per heavy atom. The number of nitrogens with zero attached hydrogens (tertiary/aromatic N) is 3. The molecule has 0 atom stereocenters. The number of carbonyl (C=O) groups excluding carboxylic acids is 2. The van der Waals surface area contributed by atoms with Gasteiger partial charge in [0.15, 0.2) is 0 Å². The van der Waals surface area contributed by atoms with Crippen LogP contribution < -0.4 is 5.32 Å². The highest BCUT2D eigenvalue weighted by Gasteiger charge is 2.28. The molecule has 152 valence electrons. The van der Waals surface area contributed by atoms with E-state index in [4.69, 9.17) is 11.6 Å². The van der Waals surface area contributed by atoms with E-state index < -0.39 is 10.8 Å². The van der Waals surface area contributed by atoms with Crippen LogP contribution in [0.3, 0.4) is 0 Å². The lowest BCUT2D eigenvalue weighted by molar-refractivity contribution is -0.385. The second kappa shape index (κ2) is 8.97. The zero-order valence-corrected chi connectivity index (χ0v) is 16.1. The molecule has 1 aliphatic heterocycles. The van der Waals surface area contributed by atoms with E-state index in [2.05, 4.69) is 5.32 Å². The Labute approximate surface area is 171 Å². The van der Waals surface area contributed by atoms with Gasteiger partial charge in [-0.3, -0.25) is 24.6 Å². The van der Waals surface area contributed by atoms with Crippen molar-refractivity contribution in [3.8, 4) is 0 Å². The second-order valence-electron chi connectivity index (χ2n) is 6.54. The highest BCUT2D eigenvalue weighted by molar-refractivity contribution is 6.31. The van der Waals surface area contributed by atoms with Crippen molar-refractivity contribution >= 4 is 34.8 Å². The molecule has 0 aliphatic carbocycles. The molecular formula is C19H18ClFN4O4. The van der Waals surface area contributed by atoms with Gasteiger partial charge in [0.2, 0.25) is 5.91 Å². The zero-order valence-electron chi connectivity index (χ0n) is 15.3. The molecule has 29 heavy (non-hydrogen) atoms. The summed E-state index contributed by atoms with van der Waals surface area (Å²) in [6.07, 6.45) is 0. The third-order valence-electron chi connectivity index (χ3n) is 4.54. The van der Waals surface area contributed by atoms with Crippen molar-refractivity contribution in [2.45, 2.75) is 0 Å². The van der Waals surface area contributed by atoms with E-state index in [1.165, 1.54) is 41.3 Å². The Bertz CT molecular complexity index is 930. The van der Waals surface area contributed by atoms with Gasteiger partial charge in [-0.15, -0.1) is 0 Å².